The summed E-state index contributed by atoms with van der Waals surface area (Å²) in [6, 6.07) is 8.14. The molecule has 1 unspecified atom stereocenters. The maximum atomic E-state index is 13.3. The molecular formula is C17H17ClFN3O7S2. The molecule has 0 aromatic heterocycles. The fourth-order valence-corrected chi connectivity index (χ4v) is 5.09. The number of benzene rings is 2. The molecule has 1 amide bonds. The summed E-state index contributed by atoms with van der Waals surface area (Å²) in [5, 5.41) is 10.4. The third kappa shape index (κ3) is 5.36. The van der Waals surface area contributed by atoms with Crippen molar-refractivity contribution in [1.82, 2.24) is 4.72 Å². The van der Waals surface area contributed by atoms with Crippen LogP contribution in [0.1, 0.15) is 0 Å². The summed E-state index contributed by atoms with van der Waals surface area (Å²) in [5.41, 5.74) is 0.127. The van der Waals surface area contributed by atoms with Crippen molar-refractivity contribution >= 4 is 49.1 Å². The van der Waals surface area contributed by atoms with Gasteiger partial charge in [0.25, 0.3) is 10.0 Å². The smallest absolute Gasteiger partial charge is 0.409 e. The molecule has 1 aliphatic rings. The second-order valence-corrected chi connectivity index (χ2v) is 10.7. The molecule has 0 saturated heterocycles. The Bertz CT molecular complexity index is 1190. The van der Waals surface area contributed by atoms with Crippen molar-refractivity contribution in [2.24, 2.45) is 0 Å². The summed E-state index contributed by atoms with van der Waals surface area (Å²) >= 11 is 5.36. The van der Waals surface area contributed by atoms with Gasteiger partial charge in [0.15, 0.2) is 0 Å². The van der Waals surface area contributed by atoms with Crippen LogP contribution >= 0.6 is 11.6 Å². The first-order valence-corrected chi connectivity index (χ1v) is 12.3. The van der Waals surface area contributed by atoms with E-state index in [0.717, 1.165) is 28.6 Å². The molecule has 1 aliphatic heterocycles. The Morgan fingerprint density at radius 1 is 1.19 bits per heavy atom. The van der Waals surface area contributed by atoms with Gasteiger partial charge in [0.2, 0.25) is 10.0 Å². The molecule has 31 heavy (non-hydrogen) atoms. The number of hydrogen-bond donors (Lipinski definition) is 3. The Morgan fingerprint density at radius 3 is 2.48 bits per heavy atom. The molecule has 3 N–H and O–H groups in total. The van der Waals surface area contributed by atoms with E-state index in [2.05, 4.69) is 10.0 Å². The van der Waals surface area contributed by atoms with E-state index in [0.29, 0.717) is 0 Å². The van der Waals surface area contributed by atoms with E-state index >= 15 is 0 Å². The summed E-state index contributed by atoms with van der Waals surface area (Å²) in [5.74, 6) is -0.537. The number of nitrogens with zero attached hydrogens (tertiary/aromatic N) is 1. The lowest BCUT2D eigenvalue weighted by Crippen LogP contribution is -2.48. The molecule has 2 aromatic rings. The molecule has 0 aliphatic carbocycles. The summed E-state index contributed by atoms with van der Waals surface area (Å²) in [7, 11) is -8.00. The van der Waals surface area contributed by atoms with Crippen molar-refractivity contribution in [3.8, 4) is 5.75 Å². The highest BCUT2D eigenvalue weighted by atomic mass is 35.5. The van der Waals surface area contributed by atoms with Crippen molar-refractivity contribution in [1.29, 1.82) is 0 Å². The van der Waals surface area contributed by atoms with Crippen molar-refractivity contribution in [2.45, 2.75) is 11.0 Å². The molecule has 0 bridgehead atoms. The van der Waals surface area contributed by atoms with Crippen LogP contribution in [0.25, 0.3) is 0 Å². The monoisotopic (exact) mass is 493 g/mol. The lowest BCUT2D eigenvalue weighted by molar-refractivity contribution is 0.203. The van der Waals surface area contributed by atoms with Gasteiger partial charge in [-0.05, 0) is 42.5 Å². The molecule has 10 nitrogen and oxygen atoms in total. The number of hydrogen-bond acceptors (Lipinski definition) is 6. The molecule has 3 rings (SSSR count). The molecule has 1 heterocycles. The van der Waals surface area contributed by atoms with E-state index in [4.69, 9.17) is 21.4 Å². The number of amides is 1. The fourth-order valence-electron chi connectivity index (χ4n) is 2.84. The van der Waals surface area contributed by atoms with Crippen LogP contribution < -0.4 is 19.1 Å². The lowest BCUT2D eigenvalue weighted by Gasteiger charge is -2.35. The second kappa shape index (κ2) is 8.86. The van der Waals surface area contributed by atoms with E-state index in [9.17, 15) is 26.0 Å². The van der Waals surface area contributed by atoms with Crippen LogP contribution in [0, 0.1) is 5.82 Å². The quantitative estimate of drug-likeness (QED) is 0.500. The SMILES string of the molecule is O=C(O)Nc1ccc2c(c1)N(S(=O)(=O)c1ccc(F)cc1)CC(CNS(=O)(=O)CCl)O2. The first-order chi connectivity index (χ1) is 14.5. The largest absolute Gasteiger partial charge is 0.485 e. The minimum Gasteiger partial charge on any atom is -0.485 e. The Morgan fingerprint density at radius 2 is 1.87 bits per heavy atom. The first-order valence-electron chi connectivity index (χ1n) is 8.64. The zero-order chi connectivity index (χ0) is 22.8. The predicted molar refractivity (Wildman–Crippen MR) is 111 cm³/mol. The number of alkyl halides is 1. The topological polar surface area (TPSA) is 142 Å². The summed E-state index contributed by atoms with van der Waals surface area (Å²) in [4.78, 5) is 10.7. The number of carboxylic acid groups (broad SMARTS) is 1. The third-order valence-corrected chi connectivity index (χ3v) is 7.77. The summed E-state index contributed by atoms with van der Waals surface area (Å²) in [6.07, 6.45) is -2.27. The molecule has 0 saturated carbocycles. The van der Waals surface area contributed by atoms with Crippen LogP contribution in [0.3, 0.4) is 0 Å². The normalized spacial score (nSPS) is 16.3. The standard InChI is InChI=1S/C17H17ClFN3O7S2/c18-10-30(25,26)20-8-13-9-22(31(27,28)14-4-1-11(19)2-5-14)15-7-12(21-17(23)24)3-6-16(15)29-13/h1-7,13,20-21H,8-10H2,(H,23,24). The average molecular weight is 494 g/mol. The number of ether oxygens (including phenoxy) is 1. The maximum Gasteiger partial charge on any atom is 0.409 e. The first kappa shape index (κ1) is 23.1. The summed E-state index contributed by atoms with van der Waals surface area (Å²) < 4.78 is 71.9. The van der Waals surface area contributed by atoms with Crippen molar-refractivity contribution in [3.63, 3.8) is 0 Å². The number of nitrogens with one attached hydrogen (secondary N) is 2. The lowest BCUT2D eigenvalue weighted by atomic mass is 10.2. The number of rotatable bonds is 7. The molecule has 0 radical (unpaired) electrons. The van der Waals surface area contributed by atoms with Crippen LogP contribution in [0.5, 0.6) is 5.75 Å². The number of carbonyl (C=O) groups is 1. The molecule has 1 atom stereocenters. The van der Waals surface area contributed by atoms with Gasteiger partial charge < -0.3 is 9.84 Å². The maximum absolute atomic E-state index is 13.3. The van der Waals surface area contributed by atoms with Gasteiger partial charge in [-0.3, -0.25) is 9.62 Å². The Balaban J connectivity index is 2.01. The van der Waals surface area contributed by atoms with Crippen molar-refractivity contribution in [2.75, 3.05) is 27.9 Å². The predicted octanol–water partition coefficient (Wildman–Crippen LogP) is 1.99. The van der Waals surface area contributed by atoms with Crippen LogP contribution in [-0.2, 0) is 20.0 Å². The van der Waals surface area contributed by atoms with E-state index in [1.54, 1.807) is 0 Å². The Labute approximate surface area is 182 Å². The molecule has 14 heteroatoms. The van der Waals surface area contributed by atoms with Crippen LogP contribution in [0.15, 0.2) is 47.4 Å². The highest BCUT2D eigenvalue weighted by Crippen LogP contribution is 2.39. The fraction of sp³-hybridized carbons (Fsp3) is 0.235. The minimum absolute atomic E-state index is 0.0343. The van der Waals surface area contributed by atoms with Gasteiger partial charge in [0.05, 0.1) is 17.1 Å². The van der Waals surface area contributed by atoms with Gasteiger partial charge in [-0.15, -0.1) is 11.6 Å². The second-order valence-electron chi connectivity index (χ2n) is 6.41. The number of anilines is 2. The molecule has 2 aromatic carbocycles. The van der Waals surface area contributed by atoms with Crippen LogP contribution in [-0.4, -0.2) is 52.4 Å². The van der Waals surface area contributed by atoms with E-state index in [1.807, 2.05) is 0 Å². The Hall–Kier alpha value is -2.61. The molecule has 168 valence electrons. The Kier molecular flexibility index (Phi) is 6.59. The van der Waals surface area contributed by atoms with Gasteiger partial charge >= 0.3 is 6.09 Å². The van der Waals surface area contributed by atoms with Gasteiger partial charge in [-0.1, -0.05) is 0 Å². The van der Waals surface area contributed by atoms with Crippen LogP contribution in [0.4, 0.5) is 20.6 Å². The molecular weight excluding hydrogens is 477 g/mol. The van der Waals surface area contributed by atoms with Gasteiger partial charge in [-0.25, -0.2) is 30.7 Å². The molecule has 0 fully saturated rings. The highest BCUT2D eigenvalue weighted by molar-refractivity contribution is 7.92. The minimum atomic E-state index is -4.22. The van der Waals surface area contributed by atoms with Gasteiger partial charge in [0.1, 0.15) is 22.9 Å². The van der Waals surface area contributed by atoms with Crippen molar-refractivity contribution < 1.29 is 35.9 Å². The third-order valence-electron chi connectivity index (χ3n) is 4.22. The average Bonchev–Trinajstić information content (AvgIpc) is 2.71. The van der Waals surface area contributed by atoms with Crippen molar-refractivity contribution in [3.05, 3.63) is 48.3 Å². The highest BCUT2D eigenvalue weighted by Gasteiger charge is 2.35. The zero-order valence-corrected chi connectivity index (χ0v) is 18.0. The van der Waals surface area contributed by atoms with Crippen LogP contribution in [0.2, 0.25) is 0 Å². The van der Waals surface area contributed by atoms with E-state index in [-0.39, 0.29) is 35.1 Å². The van der Waals surface area contributed by atoms with Gasteiger partial charge in [-0.2, -0.15) is 0 Å². The zero-order valence-electron chi connectivity index (χ0n) is 15.7. The van der Waals surface area contributed by atoms with E-state index < -0.39 is 43.3 Å². The molecule has 0 spiro atoms. The number of sulfonamides is 2. The number of fused-ring (bicyclic) bond motifs is 1. The van der Waals surface area contributed by atoms with E-state index in [1.165, 1.54) is 18.2 Å². The van der Waals surface area contributed by atoms with Gasteiger partial charge in [0, 0.05) is 12.2 Å². The summed E-state index contributed by atoms with van der Waals surface area (Å²) in [6.45, 7) is -0.562. The number of halogens is 2.